The van der Waals surface area contributed by atoms with Crippen molar-refractivity contribution in [2.45, 2.75) is 31.7 Å². The van der Waals surface area contributed by atoms with E-state index in [9.17, 15) is 0 Å². The van der Waals surface area contributed by atoms with E-state index in [1.54, 1.807) is 0 Å². The van der Waals surface area contributed by atoms with E-state index in [2.05, 4.69) is 60.3 Å². The van der Waals surface area contributed by atoms with Gasteiger partial charge in [0.2, 0.25) is 0 Å². The van der Waals surface area contributed by atoms with Gasteiger partial charge in [0.1, 0.15) is 0 Å². The van der Waals surface area contributed by atoms with Gasteiger partial charge in [-0.15, -0.1) is 0 Å². The highest BCUT2D eigenvalue weighted by atomic mass is 79.9. The summed E-state index contributed by atoms with van der Waals surface area (Å²) in [5.41, 5.74) is 1.48. The minimum Gasteiger partial charge on any atom is -0.314 e. The minimum atomic E-state index is 0.601. The van der Waals surface area contributed by atoms with Gasteiger partial charge in [-0.25, -0.2) is 0 Å². The molecule has 110 valence electrons. The van der Waals surface area contributed by atoms with E-state index in [0.717, 1.165) is 23.5 Å². The van der Waals surface area contributed by atoms with Crippen molar-refractivity contribution in [1.82, 2.24) is 10.2 Å². The van der Waals surface area contributed by atoms with Gasteiger partial charge in [-0.3, -0.25) is 4.90 Å². The number of benzene rings is 1. The fourth-order valence-corrected chi connectivity index (χ4v) is 4.35. The highest BCUT2D eigenvalue weighted by Crippen LogP contribution is 2.41. The van der Waals surface area contributed by atoms with E-state index >= 15 is 0 Å². The number of halogens is 2. The van der Waals surface area contributed by atoms with Crippen LogP contribution in [0.25, 0.3) is 0 Å². The fraction of sp³-hybridized carbons (Fsp3) is 0.625. The first kappa shape index (κ1) is 15.0. The summed E-state index contributed by atoms with van der Waals surface area (Å²) >= 11 is 7.26. The van der Waals surface area contributed by atoms with Gasteiger partial charge in [0.25, 0.3) is 0 Å². The molecular weight excluding hydrogens is 380 g/mol. The van der Waals surface area contributed by atoms with Crippen molar-refractivity contribution in [3.63, 3.8) is 0 Å². The largest absolute Gasteiger partial charge is 0.314 e. The molecule has 1 atom stereocenters. The lowest BCUT2D eigenvalue weighted by Crippen LogP contribution is -2.46. The van der Waals surface area contributed by atoms with Gasteiger partial charge in [0.05, 0.1) is 0 Å². The van der Waals surface area contributed by atoms with Crippen LogP contribution in [0.5, 0.6) is 0 Å². The van der Waals surface area contributed by atoms with Gasteiger partial charge < -0.3 is 5.32 Å². The monoisotopic (exact) mass is 400 g/mol. The van der Waals surface area contributed by atoms with E-state index in [1.165, 1.54) is 48.8 Å². The van der Waals surface area contributed by atoms with Gasteiger partial charge in [-0.1, -0.05) is 18.9 Å². The SMILES string of the molecule is Brc1ccc([C@@H](C2CCCC2)N2CCNCC2)cc1Br. The van der Waals surface area contributed by atoms with Crippen LogP contribution in [-0.2, 0) is 0 Å². The molecule has 1 saturated heterocycles. The van der Waals surface area contributed by atoms with Crippen LogP contribution in [0.2, 0.25) is 0 Å². The van der Waals surface area contributed by atoms with Crippen LogP contribution in [0.15, 0.2) is 27.1 Å². The third-order valence-corrected chi connectivity index (χ3v) is 6.56. The van der Waals surface area contributed by atoms with Crippen molar-refractivity contribution in [2.24, 2.45) is 5.92 Å². The first-order valence-electron chi connectivity index (χ1n) is 7.65. The summed E-state index contributed by atoms with van der Waals surface area (Å²) in [5, 5.41) is 3.47. The molecule has 0 aromatic heterocycles. The van der Waals surface area contributed by atoms with E-state index in [0.29, 0.717) is 6.04 Å². The van der Waals surface area contributed by atoms with Crippen LogP contribution in [0.3, 0.4) is 0 Å². The van der Waals surface area contributed by atoms with Crippen LogP contribution in [0.1, 0.15) is 37.3 Å². The van der Waals surface area contributed by atoms with Crippen LogP contribution in [-0.4, -0.2) is 31.1 Å². The zero-order chi connectivity index (χ0) is 13.9. The Balaban J connectivity index is 1.88. The van der Waals surface area contributed by atoms with Gasteiger partial charge in [-0.2, -0.15) is 0 Å². The first-order valence-corrected chi connectivity index (χ1v) is 9.24. The van der Waals surface area contributed by atoms with Crippen LogP contribution >= 0.6 is 31.9 Å². The summed E-state index contributed by atoms with van der Waals surface area (Å²) in [4.78, 5) is 2.70. The molecule has 1 aromatic carbocycles. The van der Waals surface area contributed by atoms with Crippen molar-refractivity contribution in [1.29, 1.82) is 0 Å². The van der Waals surface area contributed by atoms with E-state index < -0.39 is 0 Å². The highest BCUT2D eigenvalue weighted by molar-refractivity contribution is 9.13. The Morgan fingerprint density at radius 2 is 1.75 bits per heavy atom. The summed E-state index contributed by atoms with van der Waals surface area (Å²) in [5.74, 6) is 0.834. The zero-order valence-corrected chi connectivity index (χ0v) is 14.9. The van der Waals surface area contributed by atoms with Gasteiger partial charge in [-0.05, 0) is 68.3 Å². The lowest BCUT2D eigenvalue weighted by molar-refractivity contribution is 0.125. The molecule has 0 radical (unpaired) electrons. The van der Waals surface area contributed by atoms with Crippen molar-refractivity contribution < 1.29 is 0 Å². The number of hydrogen-bond donors (Lipinski definition) is 1. The second-order valence-corrected chi connectivity index (χ2v) is 7.66. The molecular formula is C16H22Br2N2. The van der Waals surface area contributed by atoms with Crippen molar-refractivity contribution in [3.8, 4) is 0 Å². The fourth-order valence-electron chi connectivity index (χ4n) is 3.71. The van der Waals surface area contributed by atoms with Crippen molar-refractivity contribution in [2.75, 3.05) is 26.2 Å². The molecule has 20 heavy (non-hydrogen) atoms. The molecule has 1 aromatic rings. The predicted octanol–water partition coefficient (Wildman–Crippen LogP) is 4.35. The maximum atomic E-state index is 3.67. The molecule has 0 unspecified atom stereocenters. The topological polar surface area (TPSA) is 15.3 Å². The second kappa shape index (κ2) is 6.91. The van der Waals surface area contributed by atoms with Crippen molar-refractivity contribution in [3.05, 3.63) is 32.7 Å². The Morgan fingerprint density at radius 1 is 1.05 bits per heavy atom. The molecule has 1 N–H and O–H groups in total. The van der Waals surface area contributed by atoms with E-state index in [4.69, 9.17) is 0 Å². The quantitative estimate of drug-likeness (QED) is 0.809. The highest BCUT2D eigenvalue weighted by Gasteiger charge is 2.31. The molecule has 4 heteroatoms. The molecule has 0 spiro atoms. The van der Waals surface area contributed by atoms with E-state index in [-0.39, 0.29) is 0 Å². The van der Waals surface area contributed by atoms with Gasteiger partial charge >= 0.3 is 0 Å². The van der Waals surface area contributed by atoms with Crippen LogP contribution in [0.4, 0.5) is 0 Å². The average Bonchev–Trinajstić information content (AvgIpc) is 2.98. The maximum Gasteiger partial charge on any atom is 0.0377 e. The third-order valence-electron chi connectivity index (χ3n) is 4.68. The molecule has 0 amide bonds. The third kappa shape index (κ3) is 3.29. The van der Waals surface area contributed by atoms with Crippen LogP contribution < -0.4 is 5.32 Å². The Bertz CT molecular complexity index is 452. The lowest BCUT2D eigenvalue weighted by atomic mass is 9.90. The molecule has 2 nitrogen and oxygen atoms in total. The summed E-state index contributed by atoms with van der Waals surface area (Å²) in [6.07, 6.45) is 5.60. The standard InChI is InChI=1S/C16H22Br2N2/c17-14-6-5-13(11-15(14)18)16(12-3-1-2-4-12)20-9-7-19-8-10-20/h5-6,11-12,16,19H,1-4,7-10H2/t16-/m1/s1. The Hall–Kier alpha value is 0.1000. The maximum absolute atomic E-state index is 3.67. The van der Waals surface area contributed by atoms with Crippen LogP contribution in [0, 0.1) is 5.92 Å². The molecule has 1 aliphatic carbocycles. The Kier molecular flexibility index (Phi) is 5.18. The summed E-state index contributed by atoms with van der Waals surface area (Å²) in [6.45, 7) is 4.60. The Morgan fingerprint density at radius 3 is 2.40 bits per heavy atom. The number of piperazine rings is 1. The van der Waals surface area contributed by atoms with E-state index in [1.807, 2.05) is 0 Å². The molecule has 2 aliphatic rings. The first-order chi connectivity index (χ1) is 9.75. The lowest BCUT2D eigenvalue weighted by Gasteiger charge is -2.38. The van der Waals surface area contributed by atoms with Crippen molar-refractivity contribution >= 4 is 31.9 Å². The molecule has 0 bridgehead atoms. The summed E-state index contributed by atoms with van der Waals surface area (Å²) in [6, 6.07) is 7.41. The molecule has 1 heterocycles. The number of rotatable bonds is 3. The molecule has 2 fully saturated rings. The van der Waals surface area contributed by atoms with Gasteiger partial charge in [0.15, 0.2) is 0 Å². The summed E-state index contributed by atoms with van der Waals surface area (Å²) in [7, 11) is 0. The number of hydrogen-bond acceptors (Lipinski definition) is 2. The molecule has 1 saturated carbocycles. The smallest absolute Gasteiger partial charge is 0.0377 e. The minimum absolute atomic E-state index is 0.601. The Labute approximate surface area is 138 Å². The second-order valence-electron chi connectivity index (χ2n) is 5.95. The summed E-state index contributed by atoms with van der Waals surface area (Å²) < 4.78 is 2.32. The number of nitrogens with one attached hydrogen (secondary N) is 1. The zero-order valence-electron chi connectivity index (χ0n) is 11.7. The van der Waals surface area contributed by atoms with Gasteiger partial charge in [0, 0.05) is 41.2 Å². The normalized spacial score (nSPS) is 23.1. The number of nitrogens with zero attached hydrogens (tertiary/aromatic N) is 1. The molecule has 3 rings (SSSR count). The average molecular weight is 402 g/mol. The molecule has 1 aliphatic heterocycles. The predicted molar refractivity (Wildman–Crippen MR) is 91.0 cm³/mol.